The van der Waals surface area contributed by atoms with E-state index in [1.54, 1.807) is 6.20 Å². The molecular weight excluding hydrogens is 368 g/mol. The quantitative estimate of drug-likeness (QED) is 0.661. The van der Waals surface area contributed by atoms with Gasteiger partial charge in [0.25, 0.3) is 0 Å². The van der Waals surface area contributed by atoms with E-state index in [0.29, 0.717) is 23.1 Å². The minimum absolute atomic E-state index is 0.399. The van der Waals surface area contributed by atoms with Gasteiger partial charge < -0.3 is 20.9 Å². The Balaban J connectivity index is 1.47. The molecule has 1 fully saturated rings. The van der Waals surface area contributed by atoms with Crippen molar-refractivity contribution in [2.75, 3.05) is 29.6 Å². The van der Waals surface area contributed by atoms with Crippen LogP contribution in [0.15, 0.2) is 30.5 Å². The molecule has 0 amide bonds. The van der Waals surface area contributed by atoms with Gasteiger partial charge in [-0.1, -0.05) is 18.2 Å². The largest absolute Gasteiger partial charge is 0.363 e. The molecule has 1 aliphatic rings. The normalized spacial score (nSPS) is 19.0. The number of hydrogen-bond donors (Lipinski definition) is 3. The average Bonchev–Trinajstić information content (AvgIpc) is 2.67. The van der Waals surface area contributed by atoms with Crippen molar-refractivity contribution >= 4 is 34.8 Å². The molecule has 1 aromatic heterocycles. The van der Waals surface area contributed by atoms with E-state index in [1.807, 2.05) is 25.1 Å². The SMILES string of the molecule is Cc1cccc(C)c1NC(=S)NC1CCC(Nc2nccc(N(C)C)n2)CC1. The van der Waals surface area contributed by atoms with Crippen LogP contribution < -0.4 is 20.9 Å². The standard InChI is InChI=1S/C21H30N6S/c1-14-6-5-7-15(2)19(14)26-21(28)24-17-10-8-16(9-11-17)23-20-22-13-12-18(25-20)27(3)4/h5-7,12-13,16-17H,8-11H2,1-4H3,(H,22,23,25)(H2,24,26,28). The summed E-state index contributed by atoms with van der Waals surface area (Å²) >= 11 is 5.55. The van der Waals surface area contributed by atoms with Crippen LogP contribution in [0.5, 0.6) is 0 Å². The van der Waals surface area contributed by atoms with Crippen molar-refractivity contribution in [2.45, 2.75) is 51.6 Å². The zero-order valence-corrected chi connectivity index (χ0v) is 17.9. The van der Waals surface area contributed by atoms with Gasteiger partial charge in [0.2, 0.25) is 5.95 Å². The zero-order chi connectivity index (χ0) is 20.1. The number of aromatic nitrogens is 2. The Morgan fingerprint density at radius 3 is 2.32 bits per heavy atom. The number of benzene rings is 1. The Morgan fingerprint density at radius 2 is 1.68 bits per heavy atom. The molecule has 1 aromatic carbocycles. The summed E-state index contributed by atoms with van der Waals surface area (Å²) < 4.78 is 0. The molecule has 3 rings (SSSR count). The first-order valence-corrected chi connectivity index (χ1v) is 10.2. The van der Waals surface area contributed by atoms with Crippen LogP contribution in [0.3, 0.4) is 0 Å². The third-order valence-corrected chi connectivity index (χ3v) is 5.43. The summed E-state index contributed by atoms with van der Waals surface area (Å²) in [6.07, 6.45) is 6.08. The van der Waals surface area contributed by atoms with Gasteiger partial charge in [-0.3, -0.25) is 0 Å². The molecule has 0 aliphatic heterocycles. The van der Waals surface area contributed by atoms with E-state index in [0.717, 1.165) is 37.2 Å². The van der Waals surface area contributed by atoms with Crippen molar-refractivity contribution < 1.29 is 0 Å². The van der Waals surface area contributed by atoms with E-state index >= 15 is 0 Å². The van der Waals surface area contributed by atoms with Crippen LogP contribution in [0.25, 0.3) is 0 Å². The molecule has 0 radical (unpaired) electrons. The topological polar surface area (TPSA) is 65.1 Å². The third-order valence-electron chi connectivity index (χ3n) is 5.21. The van der Waals surface area contributed by atoms with E-state index in [2.05, 4.69) is 58.0 Å². The molecule has 6 nitrogen and oxygen atoms in total. The predicted octanol–water partition coefficient (Wildman–Crippen LogP) is 3.87. The summed E-state index contributed by atoms with van der Waals surface area (Å²) in [4.78, 5) is 10.9. The highest BCUT2D eigenvalue weighted by molar-refractivity contribution is 7.80. The Hall–Kier alpha value is -2.41. The van der Waals surface area contributed by atoms with Gasteiger partial charge in [-0.05, 0) is 68.9 Å². The molecule has 1 aliphatic carbocycles. The highest BCUT2D eigenvalue weighted by atomic mass is 32.1. The number of hydrogen-bond acceptors (Lipinski definition) is 5. The first kappa shape index (κ1) is 20.3. The lowest BCUT2D eigenvalue weighted by molar-refractivity contribution is 0.387. The second-order valence-electron chi connectivity index (χ2n) is 7.69. The fraction of sp³-hybridized carbons (Fsp3) is 0.476. The molecule has 0 bridgehead atoms. The van der Waals surface area contributed by atoms with Crippen LogP contribution in [-0.2, 0) is 0 Å². The van der Waals surface area contributed by atoms with Gasteiger partial charge in [-0.2, -0.15) is 4.98 Å². The highest BCUT2D eigenvalue weighted by Gasteiger charge is 2.22. The Morgan fingerprint density at radius 1 is 1.04 bits per heavy atom. The van der Waals surface area contributed by atoms with Crippen LogP contribution in [0, 0.1) is 13.8 Å². The Labute approximate surface area is 173 Å². The van der Waals surface area contributed by atoms with Crippen LogP contribution in [0.2, 0.25) is 0 Å². The number of nitrogens with zero attached hydrogens (tertiary/aromatic N) is 3. The maximum absolute atomic E-state index is 5.55. The summed E-state index contributed by atoms with van der Waals surface area (Å²) in [5, 5.41) is 11.0. The van der Waals surface area contributed by atoms with Gasteiger partial charge in [0.05, 0.1) is 0 Å². The molecule has 7 heteroatoms. The number of para-hydroxylation sites is 1. The number of anilines is 3. The molecule has 150 valence electrons. The molecule has 3 N–H and O–H groups in total. The number of aryl methyl sites for hydroxylation is 2. The second kappa shape index (κ2) is 9.19. The molecule has 0 unspecified atom stereocenters. The Bertz CT molecular complexity index is 794. The zero-order valence-electron chi connectivity index (χ0n) is 17.1. The summed E-state index contributed by atoms with van der Waals surface area (Å²) in [6.45, 7) is 4.20. The lowest BCUT2D eigenvalue weighted by Crippen LogP contribution is -2.42. The van der Waals surface area contributed by atoms with Crippen molar-refractivity contribution in [1.82, 2.24) is 15.3 Å². The molecule has 1 saturated carbocycles. The lowest BCUT2D eigenvalue weighted by atomic mass is 9.91. The molecule has 2 aromatic rings. The highest BCUT2D eigenvalue weighted by Crippen LogP contribution is 2.23. The summed E-state index contributed by atoms with van der Waals surface area (Å²) in [5.74, 6) is 1.62. The fourth-order valence-corrected chi connectivity index (χ4v) is 3.85. The van der Waals surface area contributed by atoms with E-state index in [1.165, 1.54) is 11.1 Å². The van der Waals surface area contributed by atoms with Crippen LogP contribution in [0.1, 0.15) is 36.8 Å². The minimum atomic E-state index is 0.399. The van der Waals surface area contributed by atoms with Gasteiger partial charge in [-0.15, -0.1) is 0 Å². The number of rotatable bonds is 5. The first-order valence-electron chi connectivity index (χ1n) is 9.83. The van der Waals surface area contributed by atoms with Gasteiger partial charge in [0.1, 0.15) is 5.82 Å². The van der Waals surface area contributed by atoms with Crippen LogP contribution >= 0.6 is 12.2 Å². The molecule has 0 atom stereocenters. The van der Waals surface area contributed by atoms with Gasteiger partial charge in [0.15, 0.2) is 5.11 Å². The smallest absolute Gasteiger partial charge is 0.224 e. The van der Waals surface area contributed by atoms with Crippen molar-refractivity contribution in [2.24, 2.45) is 0 Å². The summed E-state index contributed by atoms with van der Waals surface area (Å²) in [6, 6.07) is 8.98. The molecular formula is C21H30N6S. The molecule has 28 heavy (non-hydrogen) atoms. The maximum Gasteiger partial charge on any atom is 0.224 e. The second-order valence-corrected chi connectivity index (χ2v) is 8.10. The van der Waals surface area contributed by atoms with Crippen LogP contribution in [0.4, 0.5) is 17.5 Å². The lowest BCUT2D eigenvalue weighted by Gasteiger charge is -2.30. The van der Waals surface area contributed by atoms with Crippen molar-refractivity contribution in [3.8, 4) is 0 Å². The van der Waals surface area contributed by atoms with Gasteiger partial charge in [0, 0.05) is 38.1 Å². The maximum atomic E-state index is 5.55. The minimum Gasteiger partial charge on any atom is -0.363 e. The van der Waals surface area contributed by atoms with E-state index in [-0.39, 0.29) is 0 Å². The van der Waals surface area contributed by atoms with Crippen LogP contribution in [-0.4, -0.2) is 41.3 Å². The van der Waals surface area contributed by atoms with Crippen molar-refractivity contribution in [3.05, 3.63) is 41.6 Å². The third kappa shape index (κ3) is 5.32. The molecule has 0 spiro atoms. The van der Waals surface area contributed by atoms with E-state index in [4.69, 9.17) is 12.2 Å². The van der Waals surface area contributed by atoms with Gasteiger partial charge >= 0.3 is 0 Å². The average molecular weight is 399 g/mol. The summed E-state index contributed by atoms with van der Waals surface area (Å²) in [7, 11) is 3.97. The van der Waals surface area contributed by atoms with Crippen molar-refractivity contribution in [1.29, 1.82) is 0 Å². The number of nitrogens with one attached hydrogen (secondary N) is 3. The molecule has 0 saturated heterocycles. The monoisotopic (exact) mass is 398 g/mol. The van der Waals surface area contributed by atoms with E-state index in [9.17, 15) is 0 Å². The summed E-state index contributed by atoms with van der Waals surface area (Å²) in [5.41, 5.74) is 3.52. The van der Waals surface area contributed by atoms with Gasteiger partial charge in [-0.25, -0.2) is 4.98 Å². The molecule has 1 heterocycles. The first-order chi connectivity index (χ1) is 13.4. The predicted molar refractivity (Wildman–Crippen MR) is 121 cm³/mol. The fourth-order valence-electron chi connectivity index (χ4n) is 3.58. The van der Waals surface area contributed by atoms with E-state index < -0.39 is 0 Å². The number of thiocarbonyl (C=S) groups is 1. The van der Waals surface area contributed by atoms with Crippen molar-refractivity contribution in [3.63, 3.8) is 0 Å². The Kier molecular flexibility index (Phi) is 6.67.